The Balaban J connectivity index is 1.83. The molecule has 0 aliphatic heterocycles. The van der Waals surface area contributed by atoms with Crippen LogP contribution in [-0.4, -0.2) is 4.98 Å². The fourth-order valence-electron chi connectivity index (χ4n) is 2.13. The molecule has 0 unspecified atom stereocenters. The van der Waals surface area contributed by atoms with Gasteiger partial charge in [0.2, 0.25) is 0 Å². The van der Waals surface area contributed by atoms with Crippen LogP contribution in [0.1, 0.15) is 5.56 Å². The van der Waals surface area contributed by atoms with Gasteiger partial charge in [-0.15, -0.1) is 0 Å². The van der Waals surface area contributed by atoms with E-state index in [9.17, 15) is 4.39 Å². The molecule has 20 heavy (non-hydrogen) atoms. The normalized spacial score (nSPS) is 10.9. The van der Waals surface area contributed by atoms with Gasteiger partial charge in [0.15, 0.2) is 0 Å². The van der Waals surface area contributed by atoms with Crippen molar-refractivity contribution < 1.29 is 4.39 Å². The molecular formula is C15H11BrClFN2. The van der Waals surface area contributed by atoms with E-state index in [1.54, 1.807) is 12.1 Å². The molecule has 2 N–H and O–H groups in total. The van der Waals surface area contributed by atoms with E-state index in [1.165, 1.54) is 6.07 Å². The molecule has 0 fully saturated rings. The van der Waals surface area contributed by atoms with Crippen LogP contribution in [0.4, 0.5) is 10.1 Å². The van der Waals surface area contributed by atoms with Gasteiger partial charge in [0, 0.05) is 33.1 Å². The Labute approximate surface area is 129 Å². The molecular weight excluding hydrogens is 343 g/mol. The number of halogens is 3. The Hall–Kier alpha value is -1.52. The van der Waals surface area contributed by atoms with Crippen LogP contribution in [0.5, 0.6) is 0 Å². The third kappa shape index (κ3) is 2.67. The van der Waals surface area contributed by atoms with E-state index < -0.39 is 0 Å². The summed E-state index contributed by atoms with van der Waals surface area (Å²) >= 11 is 9.19. The predicted molar refractivity (Wildman–Crippen MR) is 84.7 cm³/mol. The highest BCUT2D eigenvalue weighted by Gasteiger charge is 2.06. The number of hydrogen-bond acceptors (Lipinski definition) is 1. The molecule has 1 heterocycles. The number of rotatable bonds is 3. The van der Waals surface area contributed by atoms with Gasteiger partial charge in [-0.2, -0.15) is 0 Å². The Kier molecular flexibility index (Phi) is 3.68. The zero-order chi connectivity index (χ0) is 14.1. The van der Waals surface area contributed by atoms with Gasteiger partial charge in [-0.05, 0) is 35.9 Å². The van der Waals surface area contributed by atoms with Gasteiger partial charge in [0.1, 0.15) is 5.82 Å². The van der Waals surface area contributed by atoms with Crippen LogP contribution >= 0.6 is 27.5 Å². The smallest absolute Gasteiger partial charge is 0.147 e. The van der Waals surface area contributed by atoms with Crippen LogP contribution < -0.4 is 5.32 Å². The van der Waals surface area contributed by atoms with Crippen LogP contribution in [0, 0.1) is 5.82 Å². The van der Waals surface area contributed by atoms with Gasteiger partial charge in [-0.1, -0.05) is 33.6 Å². The largest absolute Gasteiger partial charge is 0.379 e. The molecule has 3 aromatic rings. The summed E-state index contributed by atoms with van der Waals surface area (Å²) in [5.74, 6) is -0.276. The summed E-state index contributed by atoms with van der Waals surface area (Å²) in [6.07, 6.45) is 1.91. The molecule has 0 spiro atoms. The molecule has 0 aliphatic carbocycles. The van der Waals surface area contributed by atoms with Crippen LogP contribution in [-0.2, 0) is 6.54 Å². The van der Waals surface area contributed by atoms with Gasteiger partial charge in [-0.25, -0.2) is 4.39 Å². The van der Waals surface area contributed by atoms with Crippen molar-refractivity contribution in [2.75, 3.05) is 5.32 Å². The molecule has 2 aromatic carbocycles. The number of H-pyrrole nitrogens is 1. The van der Waals surface area contributed by atoms with Gasteiger partial charge >= 0.3 is 0 Å². The number of aromatic nitrogens is 1. The van der Waals surface area contributed by atoms with Crippen LogP contribution in [0.25, 0.3) is 10.9 Å². The highest BCUT2D eigenvalue weighted by atomic mass is 79.9. The first-order valence-corrected chi connectivity index (χ1v) is 7.25. The number of hydrogen-bond donors (Lipinski definition) is 2. The monoisotopic (exact) mass is 352 g/mol. The van der Waals surface area contributed by atoms with E-state index in [2.05, 4.69) is 26.2 Å². The predicted octanol–water partition coefficient (Wildman–Crippen LogP) is 5.34. The summed E-state index contributed by atoms with van der Waals surface area (Å²) in [6, 6.07) is 10.6. The molecule has 0 atom stereocenters. The van der Waals surface area contributed by atoms with Crippen LogP contribution in [0.3, 0.4) is 0 Å². The molecule has 0 amide bonds. The lowest BCUT2D eigenvalue weighted by Crippen LogP contribution is -2.00. The van der Waals surface area contributed by atoms with Crippen molar-refractivity contribution in [2.45, 2.75) is 6.54 Å². The lowest BCUT2D eigenvalue weighted by molar-refractivity contribution is 0.629. The lowest BCUT2D eigenvalue weighted by Gasteiger charge is -2.07. The van der Waals surface area contributed by atoms with E-state index in [0.29, 0.717) is 17.3 Å². The molecule has 0 radical (unpaired) electrons. The Morgan fingerprint density at radius 1 is 1.20 bits per heavy atom. The Morgan fingerprint density at radius 2 is 2.05 bits per heavy atom. The highest BCUT2D eigenvalue weighted by Crippen LogP contribution is 2.24. The maximum atomic E-state index is 13.7. The second-order valence-electron chi connectivity index (χ2n) is 4.48. The minimum absolute atomic E-state index is 0.276. The maximum Gasteiger partial charge on any atom is 0.147 e. The second-order valence-corrected chi connectivity index (χ2v) is 5.83. The standard InChI is InChI=1S/C15H11BrClFN2/c16-10-1-4-14(13(18)5-10)19-7-9-8-20-15-6-11(17)2-3-12(9)15/h1-6,8,19-20H,7H2. The number of nitrogens with one attached hydrogen (secondary N) is 2. The zero-order valence-corrected chi connectivity index (χ0v) is 12.7. The third-order valence-electron chi connectivity index (χ3n) is 3.13. The summed E-state index contributed by atoms with van der Waals surface area (Å²) in [5, 5.41) is 4.88. The third-order valence-corrected chi connectivity index (χ3v) is 3.86. The van der Waals surface area contributed by atoms with E-state index >= 15 is 0 Å². The van der Waals surface area contributed by atoms with Crippen LogP contribution in [0.15, 0.2) is 47.1 Å². The molecule has 102 valence electrons. The minimum Gasteiger partial charge on any atom is -0.379 e. The number of aromatic amines is 1. The maximum absolute atomic E-state index is 13.7. The highest BCUT2D eigenvalue weighted by molar-refractivity contribution is 9.10. The fraction of sp³-hybridized carbons (Fsp3) is 0.0667. The summed E-state index contributed by atoms with van der Waals surface area (Å²) < 4.78 is 14.5. The molecule has 0 saturated carbocycles. The van der Waals surface area contributed by atoms with Crippen molar-refractivity contribution in [3.05, 3.63) is 63.5 Å². The quantitative estimate of drug-likeness (QED) is 0.654. The fourth-order valence-corrected chi connectivity index (χ4v) is 2.63. The van der Waals surface area contributed by atoms with Gasteiger partial charge in [0.25, 0.3) is 0 Å². The van der Waals surface area contributed by atoms with Crippen molar-refractivity contribution in [1.82, 2.24) is 4.98 Å². The Bertz CT molecular complexity index is 770. The molecule has 0 bridgehead atoms. The molecule has 3 rings (SSSR count). The first-order valence-electron chi connectivity index (χ1n) is 6.08. The van der Waals surface area contributed by atoms with Crippen molar-refractivity contribution in [3.63, 3.8) is 0 Å². The number of anilines is 1. The molecule has 0 saturated heterocycles. The summed E-state index contributed by atoms with van der Waals surface area (Å²) in [4.78, 5) is 3.16. The number of benzene rings is 2. The van der Waals surface area contributed by atoms with E-state index in [1.807, 2.05) is 24.4 Å². The SMILES string of the molecule is Fc1cc(Br)ccc1NCc1c[nH]c2cc(Cl)ccc12. The topological polar surface area (TPSA) is 27.8 Å². The van der Waals surface area contributed by atoms with Crippen LogP contribution in [0.2, 0.25) is 5.02 Å². The van der Waals surface area contributed by atoms with E-state index in [4.69, 9.17) is 11.6 Å². The van der Waals surface area contributed by atoms with Crippen molar-refractivity contribution in [3.8, 4) is 0 Å². The zero-order valence-electron chi connectivity index (χ0n) is 10.4. The lowest BCUT2D eigenvalue weighted by atomic mass is 10.1. The van der Waals surface area contributed by atoms with Gasteiger partial charge in [0.05, 0.1) is 5.69 Å². The van der Waals surface area contributed by atoms with Crippen molar-refractivity contribution >= 4 is 44.1 Å². The van der Waals surface area contributed by atoms with Gasteiger partial charge in [-0.3, -0.25) is 0 Å². The molecule has 5 heteroatoms. The first-order chi connectivity index (χ1) is 9.63. The minimum atomic E-state index is -0.276. The van der Waals surface area contributed by atoms with Crippen molar-refractivity contribution in [2.24, 2.45) is 0 Å². The second kappa shape index (κ2) is 5.46. The average molecular weight is 354 g/mol. The summed E-state index contributed by atoms with van der Waals surface area (Å²) in [7, 11) is 0. The first kappa shape index (κ1) is 13.5. The van der Waals surface area contributed by atoms with E-state index in [-0.39, 0.29) is 5.82 Å². The van der Waals surface area contributed by atoms with Crippen molar-refractivity contribution in [1.29, 1.82) is 0 Å². The molecule has 2 nitrogen and oxygen atoms in total. The van der Waals surface area contributed by atoms with E-state index in [0.717, 1.165) is 20.9 Å². The van der Waals surface area contributed by atoms with Gasteiger partial charge < -0.3 is 10.3 Å². The molecule has 1 aromatic heterocycles. The number of fused-ring (bicyclic) bond motifs is 1. The molecule has 0 aliphatic rings. The summed E-state index contributed by atoms with van der Waals surface area (Å²) in [6.45, 7) is 0.542. The average Bonchev–Trinajstić information content (AvgIpc) is 2.80. The Morgan fingerprint density at radius 3 is 2.85 bits per heavy atom. The summed E-state index contributed by atoms with van der Waals surface area (Å²) in [5.41, 5.74) is 2.53.